The second-order valence-electron chi connectivity index (χ2n) is 5.91. The molecule has 0 radical (unpaired) electrons. The quantitative estimate of drug-likeness (QED) is 0.915. The van der Waals surface area contributed by atoms with E-state index in [2.05, 4.69) is 4.90 Å². The molecule has 0 saturated carbocycles. The van der Waals surface area contributed by atoms with E-state index < -0.39 is 6.04 Å². The van der Waals surface area contributed by atoms with Crippen LogP contribution in [0.3, 0.4) is 0 Å². The van der Waals surface area contributed by atoms with Gasteiger partial charge in [0.2, 0.25) is 5.91 Å². The molecule has 0 unspecified atom stereocenters. The number of nitrogens with zero attached hydrogens (tertiary/aromatic N) is 1. The lowest BCUT2D eigenvalue weighted by Crippen LogP contribution is -2.40. The fourth-order valence-corrected chi connectivity index (χ4v) is 3.32. The Morgan fingerprint density at radius 1 is 1.08 bits per heavy atom. The number of amides is 1. The molecule has 24 heavy (non-hydrogen) atoms. The lowest BCUT2D eigenvalue weighted by Gasteiger charge is -2.34. The summed E-state index contributed by atoms with van der Waals surface area (Å²) >= 11 is 0. The summed E-state index contributed by atoms with van der Waals surface area (Å²) < 4.78 is 10.8. The zero-order valence-corrected chi connectivity index (χ0v) is 14.0. The molecule has 126 valence electrons. The summed E-state index contributed by atoms with van der Waals surface area (Å²) in [5.74, 6) is 1.11. The van der Waals surface area contributed by atoms with E-state index >= 15 is 0 Å². The van der Waals surface area contributed by atoms with Gasteiger partial charge in [0.15, 0.2) is 11.5 Å². The van der Waals surface area contributed by atoms with Crippen molar-refractivity contribution < 1.29 is 14.3 Å². The van der Waals surface area contributed by atoms with Crippen molar-refractivity contribution in [2.75, 3.05) is 20.8 Å². The molecule has 5 heteroatoms. The number of fused-ring (bicyclic) bond motifs is 1. The maximum atomic E-state index is 12.1. The maximum absolute atomic E-state index is 12.1. The number of primary amides is 1. The summed E-state index contributed by atoms with van der Waals surface area (Å²) in [7, 11) is 3.26. The molecule has 0 fully saturated rings. The Morgan fingerprint density at radius 3 is 2.29 bits per heavy atom. The van der Waals surface area contributed by atoms with E-state index in [1.807, 2.05) is 42.5 Å². The first kappa shape index (κ1) is 16.3. The van der Waals surface area contributed by atoms with Gasteiger partial charge in [0.05, 0.1) is 14.2 Å². The predicted molar refractivity (Wildman–Crippen MR) is 92.0 cm³/mol. The SMILES string of the molecule is COc1cc2c(cc1OC)CN([C@H](C(N)=O)c1ccccc1)CC2. The van der Waals surface area contributed by atoms with Crippen molar-refractivity contribution >= 4 is 5.91 Å². The molecule has 2 aromatic carbocycles. The van der Waals surface area contributed by atoms with Crippen LogP contribution in [0, 0.1) is 0 Å². The van der Waals surface area contributed by atoms with E-state index in [4.69, 9.17) is 15.2 Å². The van der Waals surface area contributed by atoms with Crippen LogP contribution in [0.25, 0.3) is 0 Å². The van der Waals surface area contributed by atoms with Crippen LogP contribution >= 0.6 is 0 Å². The first-order chi connectivity index (χ1) is 11.6. The monoisotopic (exact) mass is 326 g/mol. The van der Waals surface area contributed by atoms with E-state index in [1.165, 1.54) is 5.56 Å². The van der Waals surface area contributed by atoms with Gasteiger partial charge in [0.1, 0.15) is 6.04 Å². The van der Waals surface area contributed by atoms with E-state index in [1.54, 1.807) is 14.2 Å². The van der Waals surface area contributed by atoms with Gasteiger partial charge >= 0.3 is 0 Å². The molecule has 0 bridgehead atoms. The van der Waals surface area contributed by atoms with Crippen molar-refractivity contribution in [3.8, 4) is 11.5 Å². The molecule has 2 aromatic rings. The molecule has 0 spiro atoms. The molecular formula is C19H22N2O3. The highest BCUT2D eigenvalue weighted by molar-refractivity contribution is 5.81. The number of carbonyl (C=O) groups is 1. The molecule has 3 rings (SSSR count). The van der Waals surface area contributed by atoms with Crippen LogP contribution in [0.2, 0.25) is 0 Å². The first-order valence-electron chi connectivity index (χ1n) is 7.96. The summed E-state index contributed by atoms with van der Waals surface area (Å²) in [5, 5.41) is 0. The van der Waals surface area contributed by atoms with E-state index in [9.17, 15) is 4.79 Å². The number of ether oxygens (including phenoxy) is 2. The highest BCUT2D eigenvalue weighted by Crippen LogP contribution is 2.35. The van der Waals surface area contributed by atoms with Crippen molar-refractivity contribution in [2.24, 2.45) is 5.73 Å². The number of hydrogen-bond acceptors (Lipinski definition) is 4. The van der Waals surface area contributed by atoms with Gasteiger partial charge < -0.3 is 15.2 Å². The molecule has 1 amide bonds. The number of methoxy groups -OCH3 is 2. The minimum atomic E-state index is -0.424. The van der Waals surface area contributed by atoms with E-state index in [-0.39, 0.29) is 5.91 Å². The second kappa shape index (κ2) is 6.93. The average Bonchev–Trinajstić information content (AvgIpc) is 2.61. The third kappa shape index (κ3) is 3.08. The normalized spacial score (nSPS) is 15.4. The van der Waals surface area contributed by atoms with Crippen LogP contribution < -0.4 is 15.2 Å². The Morgan fingerprint density at radius 2 is 1.71 bits per heavy atom. The molecule has 1 atom stereocenters. The van der Waals surface area contributed by atoms with Crippen LogP contribution in [-0.2, 0) is 17.8 Å². The lowest BCUT2D eigenvalue weighted by atomic mass is 9.95. The number of rotatable bonds is 5. The zero-order chi connectivity index (χ0) is 17.1. The van der Waals surface area contributed by atoms with Crippen molar-refractivity contribution in [1.82, 2.24) is 4.90 Å². The Balaban J connectivity index is 1.92. The number of hydrogen-bond donors (Lipinski definition) is 1. The number of nitrogens with two attached hydrogens (primary N) is 1. The van der Waals surface area contributed by atoms with Gasteiger partial charge in [0.25, 0.3) is 0 Å². The second-order valence-corrected chi connectivity index (χ2v) is 5.91. The van der Waals surface area contributed by atoms with Crippen molar-refractivity contribution in [2.45, 2.75) is 19.0 Å². The summed E-state index contributed by atoms with van der Waals surface area (Å²) in [6.07, 6.45) is 0.840. The summed E-state index contributed by atoms with van der Waals surface area (Å²) in [6, 6.07) is 13.3. The Kier molecular flexibility index (Phi) is 4.71. The van der Waals surface area contributed by atoms with Crippen LogP contribution in [0.1, 0.15) is 22.7 Å². The van der Waals surface area contributed by atoms with Crippen molar-refractivity contribution in [3.05, 3.63) is 59.2 Å². The van der Waals surface area contributed by atoms with Crippen molar-refractivity contribution in [1.29, 1.82) is 0 Å². The molecule has 1 heterocycles. The average molecular weight is 326 g/mol. The molecule has 0 aliphatic carbocycles. The van der Waals surface area contributed by atoms with Crippen LogP contribution in [0.4, 0.5) is 0 Å². The highest BCUT2D eigenvalue weighted by Gasteiger charge is 2.29. The molecule has 2 N–H and O–H groups in total. The molecule has 1 aliphatic rings. The van der Waals surface area contributed by atoms with Crippen LogP contribution in [0.15, 0.2) is 42.5 Å². The van der Waals surface area contributed by atoms with Gasteiger partial charge in [-0.25, -0.2) is 0 Å². The largest absolute Gasteiger partial charge is 0.493 e. The van der Waals surface area contributed by atoms with Gasteiger partial charge in [-0.1, -0.05) is 30.3 Å². The smallest absolute Gasteiger partial charge is 0.239 e. The van der Waals surface area contributed by atoms with Gasteiger partial charge in [-0.05, 0) is 35.2 Å². The summed E-state index contributed by atoms with van der Waals surface area (Å²) in [5.41, 5.74) is 8.98. The summed E-state index contributed by atoms with van der Waals surface area (Å²) in [4.78, 5) is 14.2. The predicted octanol–water partition coefficient (Wildman–Crippen LogP) is 2.29. The van der Waals surface area contributed by atoms with Crippen LogP contribution in [0.5, 0.6) is 11.5 Å². The highest BCUT2D eigenvalue weighted by atomic mass is 16.5. The lowest BCUT2D eigenvalue weighted by molar-refractivity contribution is -0.123. The fraction of sp³-hybridized carbons (Fsp3) is 0.316. The Hall–Kier alpha value is -2.53. The topological polar surface area (TPSA) is 64.8 Å². The summed E-state index contributed by atoms with van der Waals surface area (Å²) in [6.45, 7) is 1.42. The maximum Gasteiger partial charge on any atom is 0.239 e. The van der Waals surface area contributed by atoms with Gasteiger partial charge in [-0.3, -0.25) is 9.69 Å². The van der Waals surface area contributed by atoms with Crippen molar-refractivity contribution in [3.63, 3.8) is 0 Å². The standard InChI is InChI=1S/C19H22N2O3/c1-23-16-10-14-8-9-21(12-15(14)11-17(16)24-2)18(19(20)22)13-6-4-3-5-7-13/h3-7,10-11,18H,8-9,12H2,1-2H3,(H2,20,22)/t18-/m0/s1. The number of benzene rings is 2. The molecule has 0 aromatic heterocycles. The van der Waals surface area contributed by atoms with Crippen LogP contribution in [-0.4, -0.2) is 31.6 Å². The Bertz CT molecular complexity index is 731. The van der Waals surface area contributed by atoms with E-state index in [0.29, 0.717) is 12.3 Å². The first-order valence-corrected chi connectivity index (χ1v) is 7.96. The third-order valence-electron chi connectivity index (χ3n) is 4.50. The third-order valence-corrected chi connectivity index (χ3v) is 4.50. The van der Waals surface area contributed by atoms with Gasteiger partial charge in [0, 0.05) is 13.1 Å². The van der Waals surface area contributed by atoms with Gasteiger partial charge in [-0.15, -0.1) is 0 Å². The minimum absolute atomic E-state index is 0.329. The minimum Gasteiger partial charge on any atom is -0.493 e. The Labute approximate surface area is 142 Å². The van der Waals surface area contributed by atoms with Gasteiger partial charge in [-0.2, -0.15) is 0 Å². The molecular weight excluding hydrogens is 304 g/mol. The molecule has 5 nitrogen and oxygen atoms in total. The molecule has 1 aliphatic heterocycles. The fourth-order valence-electron chi connectivity index (χ4n) is 3.32. The molecule has 0 saturated heterocycles. The number of carbonyl (C=O) groups excluding carboxylic acids is 1. The van der Waals surface area contributed by atoms with E-state index in [0.717, 1.165) is 29.8 Å². The zero-order valence-electron chi connectivity index (χ0n) is 14.0.